The molecule has 0 radical (unpaired) electrons. The Labute approximate surface area is 103 Å². The molecule has 17 heavy (non-hydrogen) atoms. The molecule has 0 aliphatic carbocycles. The third-order valence-corrected chi connectivity index (χ3v) is 4.66. The summed E-state index contributed by atoms with van der Waals surface area (Å²) in [7, 11) is -3.37. The van der Waals surface area contributed by atoms with Gasteiger partial charge in [-0.15, -0.1) is 0 Å². The van der Waals surface area contributed by atoms with Crippen LogP contribution in [0.25, 0.3) is 0 Å². The van der Waals surface area contributed by atoms with E-state index in [-0.39, 0.29) is 16.6 Å². The lowest BCUT2D eigenvalue weighted by Crippen LogP contribution is -2.27. The highest BCUT2D eigenvalue weighted by Gasteiger charge is 2.23. The SMILES string of the molecule is CCC[C@H](C)[C@@H](O)CS(=O)(=O)c1ccccc1. The van der Waals surface area contributed by atoms with Crippen molar-refractivity contribution in [1.29, 1.82) is 0 Å². The van der Waals surface area contributed by atoms with Crippen molar-refractivity contribution >= 4 is 9.84 Å². The largest absolute Gasteiger partial charge is 0.392 e. The standard InChI is InChI=1S/C13H20O3S/c1-3-7-11(2)13(14)10-17(15,16)12-8-5-4-6-9-12/h4-6,8-9,11,13-14H,3,7,10H2,1-2H3/t11-,13-/m0/s1. The van der Waals surface area contributed by atoms with Crippen LogP contribution in [0.4, 0.5) is 0 Å². The number of aliphatic hydroxyl groups excluding tert-OH is 1. The molecule has 0 aliphatic rings. The van der Waals surface area contributed by atoms with Crippen molar-refractivity contribution in [3.05, 3.63) is 30.3 Å². The van der Waals surface area contributed by atoms with Crippen molar-refractivity contribution in [2.24, 2.45) is 5.92 Å². The van der Waals surface area contributed by atoms with E-state index in [1.165, 1.54) is 0 Å². The van der Waals surface area contributed by atoms with Crippen molar-refractivity contribution in [2.45, 2.75) is 37.7 Å². The normalized spacial score (nSPS) is 15.5. The topological polar surface area (TPSA) is 54.4 Å². The van der Waals surface area contributed by atoms with Crippen LogP contribution in [0, 0.1) is 5.92 Å². The monoisotopic (exact) mass is 256 g/mol. The molecule has 2 atom stereocenters. The van der Waals surface area contributed by atoms with Gasteiger partial charge in [-0.1, -0.05) is 38.5 Å². The fourth-order valence-electron chi connectivity index (χ4n) is 1.76. The van der Waals surface area contributed by atoms with Crippen LogP contribution in [0.15, 0.2) is 35.2 Å². The molecule has 3 nitrogen and oxygen atoms in total. The highest BCUT2D eigenvalue weighted by atomic mass is 32.2. The molecule has 0 aromatic heterocycles. The smallest absolute Gasteiger partial charge is 0.180 e. The summed E-state index contributed by atoms with van der Waals surface area (Å²) in [5, 5.41) is 9.87. The highest BCUT2D eigenvalue weighted by molar-refractivity contribution is 7.91. The molecular formula is C13H20O3S. The Balaban J connectivity index is 2.74. The van der Waals surface area contributed by atoms with Crippen molar-refractivity contribution < 1.29 is 13.5 Å². The van der Waals surface area contributed by atoms with Gasteiger partial charge in [-0.05, 0) is 24.5 Å². The summed E-state index contributed by atoms with van der Waals surface area (Å²) in [5.41, 5.74) is 0. The van der Waals surface area contributed by atoms with E-state index in [0.29, 0.717) is 0 Å². The first-order valence-corrected chi connectivity index (χ1v) is 7.58. The second-order valence-corrected chi connectivity index (χ2v) is 6.46. The Bertz CT molecular complexity index is 425. The number of benzene rings is 1. The molecule has 0 bridgehead atoms. The van der Waals surface area contributed by atoms with E-state index in [4.69, 9.17) is 0 Å². The van der Waals surface area contributed by atoms with Crippen molar-refractivity contribution in [3.8, 4) is 0 Å². The summed E-state index contributed by atoms with van der Waals surface area (Å²) >= 11 is 0. The minimum atomic E-state index is -3.37. The zero-order chi connectivity index (χ0) is 12.9. The van der Waals surface area contributed by atoms with E-state index >= 15 is 0 Å². The highest BCUT2D eigenvalue weighted by Crippen LogP contribution is 2.17. The van der Waals surface area contributed by atoms with Gasteiger partial charge in [0.05, 0.1) is 16.8 Å². The lowest BCUT2D eigenvalue weighted by molar-refractivity contribution is 0.132. The maximum absolute atomic E-state index is 12.0. The maximum atomic E-state index is 12.0. The van der Waals surface area contributed by atoms with Crippen LogP contribution >= 0.6 is 0 Å². The van der Waals surface area contributed by atoms with Crippen molar-refractivity contribution in [2.75, 3.05) is 5.75 Å². The molecule has 1 N–H and O–H groups in total. The molecule has 1 aromatic carbocycles. The minimum Gasteiger partial charge on any atom is -0.392 e. The number of aliphatic hydroxyl groups is 1. The maximum Gasteiger partial charge on any atom is 0.180 e. The Morgan fingerprint density at radius 1 is 1.24 bits per heavy atom. The van der Waals surface area contributed by atoms with Crippen LogP contribution < -0.4 is 0 Å². The average Bonchev–Trinajstić information content (AvgIpc) is 2.30. The zero-order valence-electron chi connectivity index (χ0n) is 10.3. The van der Waals surface area contributed by atoms with Gasteiger partial charge in [-0.3, -0.25) is 0 Å². The second-order valence-electron chi connectivity index (χ2n) is 4.43. The molecule has 96 valence electrons. The van der Waals surface area contributed by atoms with E-state index < -0.39 is 15.9 Å². The fourth-order valence-corrected chi connectivity index (χ4v) is 3.30. The number of hydrogen-bond donors (Lipinski definition) is 1. The first-order chi connectivity index (χ1) is 7.97. The fraction of sp³-hybridized carbons (Fsp3) is 0.538. The lowest BCUT2D eigenvalue weighted by atomic mass is 10.0. The van der Waals surface area contributed by atoms with Gasteiger partial charge in [0.1, 0.15) is 0 Å². The van der Waals surface area contributed by atoms with Gasteiger partial charge in [0, 0.05) is 0 Å². The van der Waals surface area contributed by atoms with E-state index in [9.17, 15) is 13.5 Å². The van der Waals surface area contributed by atoms with Gasteiger partial charge in [0.2, 0.25) is 0 Å². The number of sulfone groups is 1. The van der Waals surface area contributed by atoms with E-state index in [0.717, 1.165) is 12.8 Å². The summed E-state index contributed by atoms with van der Waals surface area (Å²) in [5.74, 6) is -0.184. The average molecular weight is 256 g/mol. The molecule has 0 amide bonds. The summed E-state index contributed by atoms with van der Waals surface area (Å²) in [6.07, 6.45) is 0.995. The Morgan fingerprint density at radius 2 is 1.82 bits per heavy atom. The Kier molecular flexibility index (Phi) is 5.15. The van der Waals surface area contributed by atoms with Gasteiger partial charge in [-0.25, -0.2) is 8.42 Å². The quantitative estimate of drug-likeness (QED) is 0.849. The van der Waals surface area contributed by atoms with Crippen LogP contribution in [0.2, 0.25) is 0 Å². The molecule has 0 fully saturated rings. The van der Waals surface area contributed by atoms with Crippen molar-refractivity contribution in [3.63, 3.8) is 0 Å². The summed E-state index contributed by atoms with van der Waals surface area (Å²) in [6, 6.07) is 8.28. The third kappa shape index (κ3) is 4.13. The summed E-state index contributed by atoms with van der Waals surface area (Å²) < 4.78 is 24.0. The molecule has 1 rings (SSSR count). The predicted molar refractivity (Wildman–Crippen MR) is 68.6 cm³/mol. The Morgan fingerprint density at radius 3 is 2.35 bits per heavy atom. The number of hydrogen-bond acceptors (Lipinski definition) is 3. The molecule has 0 aliphatic heterocycles. The number of rotatable bonds is 6. The van der Waals surface area contributed by atoms with Crippen LogP contribution in [0.5, 0.6) is 0 Å². The molecule has 0 heterocycles. The van der Waals surface area contributed by atoms with Crippen LogP contribution in [0.1, 0.15) is 26.7 Å². The van der Waals surface area contributed by atoms with Gasteiger partial charge in [0.15, 0.2) is 9.84 Å². The molecule has 0 saturated heterocycles. The van der Waals surface area contributed by atoms with Crippen LogP contribution in [0.3, 0.4) is 0 Å². The Hall–Kier alpha value is -0.870. The van der Waals surface area contributed by atoms with Gasteiger partial charge in [-0.2, -0.15) is 0 Å². The van der Waals surface area contributed by atoms with E-state index in [1.54, 1.807) is 30.3 Å². The zero-order valence-corrected chi connectivity index (χ0v) is 11.2. The van der Waals surface area contributed by atoms with Gasteiger partial charge >= 0.3 is 0 Å². The molecule has 1 aromatic rings. The first kappa shape index (κ1) is 14.2. The molecule has 0 spiro atoms. The van der Waals surface area contributed by atoms with Gasteiger partial charge in [0.25, 0.3) is 0 Å². The van der Waals surface area contributed by atoms with Crippen LogP contribution in [-0.2, 0) is 9.84 Å². The molecular weight excluding hydrogens is 236 g/mol. The van der Waals surface area contributed by atoms with E-state index in [2.05, 4.69) is 0 Å². The van der Waals surface area contributed by atoms with Gasteiger partial charge < -0.3 is 5.11 Å². The first-order valence-electron chi connectivity index (χ1n) is 5.93. The minimum absolute atomic E-state index is 0.0125. The lowest BCUT2D eigenvalue weighted by Gasteiger charge is -2.18. The molecule has 4 heteroatoms. The predicted octanol–water partition coefficient (Wildman–Crippen LogP) is 2.26. The summed E-state index contributed by atoms with van der Waals surface area (Å²) in [6.45, 7) is 3.91. The van der Waals surface area contributed by atoms with Crippen molar-refractivity contribution in [1.82, 2.24) is 0 Å². The summed E-state index contributed by atoms with van der Waals surface area (Å²) in [4.78, 5) is 0.280. The third-order valence-electron chi connectivity index (χ3n) is 2.89. The molecule has 0 saturated carbocycles. The van der Waals surface area contributed by atoms with E-state index in [1.807, 2.05) is 13.8 Å². The second kappa shape index (κ2) is 6.17. The molecule has 0 unspecified atom stereocenters. The van der Waals surface area contributed by atoms with Crippen LogP contribution in [-0.4, -0.2) is 25.4 Å².